The van der Waals surface area contributed by atoms with E-state index in [-0.39, 0.29) is 10.8 Å². The van der Waals surface area contributed by atoms with Crippen LogP contribution in [-0.4, -0.2) is 61.8 Å². The minimum Gasteiger partial charge on any atom is -0.355 e. The van der Waals surface area contributed by atoms with Crippen molar-refractivity contribution in [3.05, 3.63) is 54.1 Å². The Morgan fingerprint density at radius 3 is 2.10 bits per heavy atom. The first-order chi connectivity index (χ1) is 14.9. The van der Waals surface area contributed by atoms with Crippen LogP contribution in [0.2, 0.25) is 0 Å². The fourth-order valence-corrected chi connectivity index (χ4v) is 5.60. The highest BCUT2D eigenvalue weighted by molar-refractivity contribution is 7.89. The number of anilines is 2. The summed E-state index contributed by atoms with van der Waals surface area (Å²) in [6, 6.07) is 13.8. The van der Waals surface area contributed by atoms with Crippen LogP contribution in [0.15, 0.2) is 53.4 Å². The molecule has 1 aromatic heterocycles. The average Bonchev–Trinajstić information content (AvgIpc) is 3.34. The van der Waals surface area contributed by atoms with Gasteiger partial charge in [0.05, 0.1) is 15.9 Å². The highest BCUT2D eigenvalue weighted by Crippen LogP contribution is 2.31. The molecule has 8 nitrogen and oxygen atoms in total. The number of sulfonamides is 1. The number of likely N-dealkylation sites (N-methyl/N-ethyl adjacent to an activating group) is 1. The van der Waals surface area contributed by atoms with Gasteiger partial charge in [-0.25, -0.2) is 18.4 Å². The summed E-state index contributed by atoms with van der Waals surface area (Å²) in [6.45, 7) is 2.21. The molecule has 1 fully saturated rings. The predicted octanol–water partition coefficient (Wildman–Crippen LogP) is 2.51. The van der Waals surface area contributed by atoms with Crippen LogP contribution in [0.3, 0.4) is 0 Å². The normalized spacial score (nSPS) is 17.2. The molecule has 1 saturated heterocycles. The van der Waals surface area contributed by atoms with Gasteiger partial charge < -0.3 is 4.90 Å². The van der Waals surface area contributed by atoms with E-state index in [9.17, 15) is 13.2 Å². The number of aromatic nitrogens is 2. The minimum absolute atomic E-state index is 0.218. The summed E-state index contributed by atoms with van der Waals surface area (Å²) in [6.07, 6.45) is 1.77. The third-order valence-corrected chi connectivity index (χ3v) is 7.77. The topological polar surface area (TPSA) is 86.7 Å². The molecule has 0 aliphatic carbocycles. The summed E-state index contributed by atoms with van der Waals surface area (Å²) in [5, 5.41) is 0. The lowest BCUT2D eigenvalue weighted by atomic mass is 10.2. The number of hydrogen-bond donors (Lipinski definition) is 0. The second-order valence-corrected chi connectivity index (χ2v) is 9.81. The highest BCUT2D eigenvalue weighted by Gasteiger charge is 2.30. The van der Waals surface area contributed by atoms with E-state index < -0.39 is 10.0 Å². The van der Waals surface area contributed by atoms with Crippen molar-refractivity contribution in [3.8, 4) is 0 Å². The SMILES string of the molecule is CN1CCN(C(=O)c2ccc(S(=O)(=O)N3CCCC3)cc2)c2nc3ccccc3nc21. The van der Waals surface area contributed by atoms with Crippen molar-refractivity contribution < 1.29 is 13.2 Å². The molecular formula is C22H23N5O3S. The van der Waals surface area contributed by atoms with Crippen molar-refractivity contribution in [2.45, 2.75) is 17.7 Å². The standard InChI is InChI=1S/C22H23N5O3S/c1-25-14-15-27(21-20(25)23-18-6-2-3-7-19(18)24-21)22(28)16-8-10-17(11-9-16)31(29,30)26-12-4-5-13-26/h2-3,6-11H,4-5,12-15H2,1H3. The zero-order valence-corrected chi connectivity index (χ0v) is 18.0. The van der Waals surface area contributed by atoms with Crippen LogP contribution in [0.4, 0.5) is 11.6 Å². The van der Waals surface area contributed by atoms with Gasteiger partial charge in [0.1, 0.15) is 0 Å². The fraction of sp³-hybridized carbons (Fsp3) is 0.318. The Hall–Kier alpha value is -3.04. The monoisotopic (exact) mass is 437 g/mol. The van der Waals surface area contributed by atoms with Gasteiger partial charge in [-0.1, -0.05) is 12.1 Å². The van der Waals surface area contributed by atoms with E-state index in [2.05, 4.69) is 0 Å². The van der Waals surface area contributed by atoms with Crippen LogP contribution in [0.5, 0.6) is 0 Å². The maximum atomic E-state index is 13.3. The molecule has 1 amide bonds. The summed E-state index contributed by atoms with van der Waals surface area (Å²) in [5.74, 6) is 0.960. The first-order valence-electron chi connectivity index (χ1n) is 10.4. The lowest BCUT2D eigenvalue weighted by molar-refractivity contribution is 0.0985. The van der Waals surface area contributed by atoms with Crippen molar-refractivity contribution >= 4 is 38.6 Å². The Balaban J connectivity index is 1.47. The summed E-state index contributed by atoms with van der Waals surface area (Å²) < 4.78 is 27.0. The van der Waals surface area contributed by atoms with Gasteiger partial charge in [-0.2, -0.15) is 4.31 Å². The maximum absolute atomic E-state index is 13.3. The largest absolute Gasteiger partial charge is 0.355 e. The van der Waals surface area contributed by atoms with Gasteiger partial charge >= 0.3 is 0 Å². The molecule has 0 spiro atoms. The molecule has 5 rings (SSSR count). The second-order valence-electron chi connectivity index (χ2n) is 7.87. The van der Waals surface area contributed by atoms with Crippen LogP contribution in [-0.2, 0) is 10.0 Å². The van der Waals surface area contributed by atoms with Gasteiger partial charge in [0, 0.05) is 38.8 Å². The van der Waals surface area contributed by atoms with E-state index in [1.165, 1.54) is 16.4 Å². The van der Waals surface area contributed by atoms with Crippen LogP contribution < -0.4 is 9.80 Å². The van der Waals surface area contributed by atoms with E-state index in [0.29, 0.717) is 43.4 Å². The molecule has 0 N–H and O–H groups in total. The molecule has 0 bridgehead atoms. The van der Waals surface area contributed by atoms with Gasteiger partial charge in [-0.3, -0.25) is 9.69 Å². The van der Waals surface area contributed by atoms with E-state index in [1.54, 1.807) is 17.0 Å². The fourth-order valence-electron chi connectivity index (χ4n) is 4.08. The Labute approximate surface area is 181 Å². The predicted molar refractivity (Wildman–Crippen MR) is 119 cm³/mol. The van der Waals surface area contributed by atoms with Gasteiger partial charge in [0.25, 0.3) is 5.91 Å². The Morgan fingerprint density at radius 2 is 1.45 bits per heavy atom. The minimum atomic E-state index is -3.51. The molecular weight excluding hydrogens is 414 g/mol. The van der Waals surface area contributed by atoms with Gasteiger partial charge in [0.2, 0.25) is 10.0 Å². The molecule has 0 radical (unpaired) electrons. The second kappa shape index (κ2) is 7.58. The molecule has 3 aromatic rings. The lowest BCUT2D eigenvalue weighted by Gasteiger charge is -2.33. The summed E-state index contributed by atoms with van der Waals surface area (Å²) >= 11 is 0. The van der Waals surface area contributed by atoms with Gasteiger partial charge in [0.15, 0.2) is 11.6 Å². The highest BCUT2D eigenvalue weighted by atomic mass is 32.2. The summed E-state index contributed by atoms with van der Waals surface area (Å²) in [7, 11) is -1.57. The molecule has 0 unspecified atom stereocenters. The summed E-state index contributed by atoms with van der Waals surface area (Å²) in [4.78, 5) is 26.5. The molecule has 160 valence electrons. The number of fused-ring (bicyclic) bond motifs is 2. The third-order valence-electron chi connectivity index (χ3n) is 5.86. The van der Waals surface area contributed by atoms with Gasteiger partial charge in [-0.15, -0.1) is 0 Å². The van der Waals surface area contributed by atoms with Crippen molar-refractivity contribution in [1.29, 1.82) is 0 Å². The Kier molecular flexibility index (Phi) is 4.86. The van der Waals surface area contributed by atoms with Crippen molar-refractivity contribution in [2.24, 2.45) is 0 Å². The van der Waals surface area contributed by atoms with Crippen molar-refractivity contribution in [1.82, 2.24) is 14.3 Å². The van der Waals surface area contributed by atoms with Crippen LogP contribution in [0, 0.1) is 0 Å². The molecule has 2 aromatic carbocycles. The Morgan fingerprint density at radius 1 is 0.839 bits per heavy atom. The number of carbonyl (C=O) groups excluding carboxylic acids is 1. The number of nitrogens with zero attached hydrogens (tertiary/aromatic N) is 5. The van der Waals surface area contributed by atoms with Gasteiger partial charge in [-0.05, 0) is 49.2 Å². The molecule has 0 atom stereocenters. The van der Waals surface area contributed by atoms with E-state index in [1.807, 2.05) is 36.2 Å². The molecule has 0 saturated carbocycles. The smallest absolute Gasteiger partial charge is 0.259 e. The average molecular weight is 438 g/mol. The molecule has 9 heteroatoms. The van der Waals surface area contributed by atoms with Crippen LogP contribution >= 0.6 is 0 Å². The number of amides is 1. The molecule has 31 heavy (non-hydrogen) atoms. The number of carbonyl (C=O) groups is 1. The molecule has 2 aliphatic heterocycles. The quantitative estimate of drug-likeness (QED) is 0.626. The summed E-state index contributed by atoms with van der Waals surface area (Å²) in [5.41, 5.74) is 1.92. The number of benzene rings is 2. The van der Waals surface area contributed by atoms with E-state index in [4.69, 9.17) is 9.97 Å². The number of para-hydroxylation sites is 2. The number of hydrogen-bond acceptors (Lipinski definition) is 6. The van der Waals surface area contributed by atoms with Crippen molar-refractivity contribution in [2.75, 3.05) is 43.0 Å². The lowest BCUT2D eigenvalue weighted by Crippen LogP contribution is -2.43. The zero-order valence-electron chi connectivity index (χ0n) is 17.2. The Bertz CT molecular complexity index is 1250. The first kappa shape index (κ1) is 19.9. The van der Waals surface area contributed by atoms with E-state index in [0.717, 1.165) is 23.9 Å². The molecule has 3 heterocycles. The zero-order chi connectivity index (χ0) is 21.6. The first-order valence-corrected chi connectivity index (χ1v) is 11.8. The van der Waals surface area contributed by atoms with Crippen LogP contribution in [0.25, 0.3) is 11.0 Å². The molecule has 2 aliphatic rings. The number of rotatable bonds is 3. The van der Waals surface area contributed by atoms with Crippen LogP contribution in [0.1, 0.15) is 23.2 Å². The van der Waals surface area contributed by atoms with E-state index >= 15 is 0 Å². The third kappa shape index (κ3) is 3.43. The maximum Gasteiger partial charge on any atom is 0.259 e. The van der Waals surface area contributed by atoms with Crippen molar-refractivity contribution in [3.63, 3.8) is 0 Å².